The van der Waals surface area contributed by atoms with Crippen LogP contribution < -0.4 is 10.0 Å². The molecule has 0 saturated heterocycles. The molecule has 0 aliphatic heterocycles. The van der Waals surface area contributed by atoms with E-state index in [4.69, 9.17) is 23.2 Å². The predicted molar refractivity (Wildman–Crippen MR) is 101 cm³/mol. The fourth-order valence-electron chi connectivity index (χ4n) is 1.98. The number of hydrogen-bond donors (Lipinski definition) is 2. The molecule has 2 aromatic rings. The van der Waals surface area contributed by atoms with Crippen LogP contribution in [0.4, 0.5) is 5.69 Å². The molecule has 0 heterocycles. The lowest BCUT2D eigenvalue weighted by atomic mass is 10.1. The zero-order chi connectivity index (χ0) is 18.6. The molecule has 5 nitrogen and oxygen atoms in total. The van der Waals surface area contributed by atoms with Gasteiger partial charge in [0.2, 0.25) is 0 Å². The highest BCUT2D eigenvalue weighted by Crippen LogP contribution is 2.26. The number of hydrogen-bond acceptors (Lipinski definition) is 3. The number of nitrogens with one attached hydrogen (secondary N) is 2. The third kappa shape index (κ3) is 5.36. The molecule has 134 valence electrons. The van der Waals surface area contributed by atoms with Crippen LogP contribution in [0.5, 0.6) is 0 Å². The minimum atomic E-state index is -3.85. The van der Waals surface area contributed by atoms with Gasteiger partial charge in [-0.05, 0) is 42.3 Å². The van der Waals surface area contributed by atoms with Gasteiger partial charge in [0.25, 0.3) is 15.9 Å². The summed E-state index contributed by atoms with van der Waals surface area (Å²) in [4.78, 5) is 12.1. The zero-order valence-corrected chi connectivity index (χ0v) is 16.0. The standard InChI is InChI=1S/C17H18Cl2N2O3S/c1-11(2)10-20-17(22)12-4-3-5-13(8-12)21-25(23,24)14-6-7-15(18)16(19)9-14/h3-9,11,21H,10H2,1-2H3,(H,20,22). The van der Waals surface area contributed by atoms with Crippen LogP contribution in [0, 0.1) is 5.92 Å². The van der Waals surface area contributed by atoms with Crippen molar-refractivity contribution in [2.24, 2.45) is 5.92 Å². The van der Waals surface area contributed by atoms with Gasteiger partial charge >= 0.3 is 0 Å². The van der Waals surface area contributed by atoms with Crippen molar-refractivity contribution in [1.29, 1.82) is 0 Å². The maximum Gasteiger partial charge on any atom is 0.261 e. The molecule has 1 amide bonds. The molecule has 0 bridgehead atoms. The van der Waals surface area contributed by atoms with Crippen molar-refractivity contribution in [3.8, 4) is 0 Å². The number of sulfonamides is 1. The molecule has 0 saturated carbocycles. The largest absolute Gasteiger partial charge is 0.352 e. The molecule has 2 rings (SSSR count). The number of carbonyl (C=O) groups is 1. The van der Waals surface area contributed by atoms with Gasteiger partial charge in [0.1, 0.15) is 0 Å². The van der Waals surface area contributed by atoms with Gasteiger partial charge < -0.3 is 5.32 Å². The molecular formula is C17H18Cl2N2O3S. The van der Waals surface area contributed by atoms with Crippen molar-refractivity contribution in [2.75, 3.05) is 11.3 Å². The fraction of sp³-hybridized carbons (Fsp3) is 0.235. The normalized spacial score (nSPS) is 11.4. The van der Waals surface area contributed by atoms with Crippen molar-refractivity contribution in [2.45, 2.75) is 18.7 Å². The minimum Gasteiger partial charge on any atom is -0.352 e. The number of anilines is 1. The molecule has 2 aromatic carbocycles. The number of benzene rings is 2. The third-order valence-corrected chi connectivity index (χ3v) is 5.37. The van der Waals surface area contributed by atoms with Gasteiger partial charge in [-0.15, -0.1) is 0 Å². The van der Waals surface area contributed by atoms with Crippen LogP contribution in [0.2, 0.25) is 10.0 Å². The van der Waals surface area contributed by atoms with Crippen molar-refractivity contribution < 1.29 is 13.2 Å². The summed E-state index contributed by atoms with van der Waals surface area (Å²) in [7, 11) is -3.85. The lowest BCUT2D eigenvalue weighted by Crippen LogP contribution is -2.27. The minimum absolute atomic E-state index is 0.0171. The maximum absolute atomic E-state index is 12.4. The Labute approximate surface area is 157 Å². The smallest absolute Gasteiger partial charge is 0.261 e. The number of rotatable bonds is 6. The Balaban J connectivity index is 2.20. The molecule has 0 aromatic heterocycles. The van der Waals surface area contributed by atoms with Gasteiger partial charge in [-0.25, -0.2) is 8.42 Å². The van der Waals surface area contributed by atoms with E-state index in [1.54, 1.807) is 18.2 Å². The van der Waals surface area contributed by atoms with Gasteiger partial charge in [0.15, 0.2) is 0 Å². The number of halogens is 2. The molecule has 2 N–H and O–H groups in total. The summed E-state index contributed by atoms with van der Waals surface area (Å²) in [5.74, 6) is 0.0598. The summed E-state index contributed by atoms with van der Waals surface area (Å²) >= 11 is 11.7. The lowest BCUT2D eigenvalue weighted by Gasteiger charge is -2.11. The second-order valence-electron chi connectivity index (χ2n) is 5.87. The van der Waals surface area contributed by atoms with Crippen LogP contribution >= 0.6 is 23.2 Å². The Morgan fingerprint density at radius 2 is 1.80 bits per heavy atom. The second-order valence-corrected chi connectivity index (χ2v) is 8.36. The first-order chi connectivity index (χ1) is 11.7. The zero-order valence-electron chi connectivity index (χ0n) is 13.7. The predicted octanol–water partition coefficient (Wildman–Crippen LogP) is 4.18. The van der Waals surface area contributed by atoms with E-state index in [0.717, 1.165) is 0 Å². The summed E-state index contributed by atoms with van der Waals surface area (Å²) < 4.78 is 27.3. The van der Waals surface area contributed by atoms with Crippen molar-refractivity contribution in [3.05, 3.63) is 58.1 Å². The number of amides is 1. The molecule has 25 heavy (non-hydrogen) atoms. The summed E-state index contributed by atoms with van der Waals surface area (Å²) in [5.41, 5.74) is 0.651. The Morgan fingerprint density at radius 3 is 2.44 bits per heavy atom. The molecule has 0 aliphatic carbocycles. The van der Waals surface area contributed by atoms with Crippen LogP contribution in [0.15, 0.2) is 47.4 Å². The lowest BCUT2D eigenvalue weighted by molar-refractivity contribution is 0.0949. The maximum atomic E-state index is 12.4. The van der Waals surface area contributed by atoms with E-state index < -0.39 is 10.0 Å². The van der Waals surface area contributed by atoms with Crippen LogP contribution in [0.3, 0.4) is 0 Å². The molecule has 0 spiro atoms. The Morgan fingerprint density at radius 1 is 1.08 bits per heavy atom. The molecule has 8 heteroatoms. The molecule has 0 unspecified atom stereocenters. The highest BCUT2D eigenvalue weighted by molar-refractivity contribution is 7.92. The first kappa shape index (κ1) is 19.6. The summed E-state index contributed by atoms with van der Waals surface area (Å²) in [6.45, 7) is 4.52. The van der Waals surface area contributed by atoms with Crippen molar-refractivity contribution >= 4 is 44.8 Å². The van der Waals surface area contributed by atoms with E-state index in [1.165, 1.54) is 24.3 Å². The molecule has 0 fully saturated rings. The monoisotopic (exact) mass is 400 g/mol. The van der Waals surface area contributed by atoms with Gasteiger partial charge in [-0.2, -0.15) is 0 Å². The Bertz CT molecular complexity index is 883. The first-order valence-electron chi connectivity index (χ1n) is 7.55. The topological polar surface area (TPSA) is 75.3 Å². The summed E-state index contributed by atoms with van der Waals surface area (Å²) in [6, 6.07) is 10.3. The van der Waals surface area contributed by atoms with Crippen LogP contribution in [0.25, 0.3) is 0 Å². The summed E-state index contributed by atoms with van der Waals surface area (Å²) in [5, 5.41) is 3.20. The second kappa shape index (κ2) is 8.08. The van der Waals surface area contributed by atoms with Crippen molar-refractivity contribution in [1.82, 2.24) is 5.32 Å². The average Bonchev–Trinajstić information content (AvgIpc) is 2.54. The third-order valence-electron chi connectivity index (χ3n) is 3.25. The fourth-order valence-corrected chi connectivity index (χ4v) is 3.42. The van der Waals surface area contributed by atoms with Gasteiger partial charge in [-0.1, -0.05) is 43.1 Å². The van der Waals surface area contributed by atoms with Gasteiger partial charge in [0, 0.05) is 17.8 Å². The van der Waals surface area contributed by atoms with Crippen molar-refractivity contribution in [3.63, 3.8) is 0 Å². The summed E-state index contributed by atoms with van der Waals surface area (Å²) in [6.07, 6.45) is 0. The molecule has 0 aliphatic rings. The highest BCUT2D eigenvalue weighted by Gasteiger charge is 2.16. The van der Waals surface area contributed by atoms with E-state index in [1.807, 2.05) is 13.8 Å². The molecule has 0 atom stereocenters. The van der Waals surface area contributed by atoms with E-state index in [0.29, 0.717) is 18.0 Å². The van der Waals surface area contributed by atoms with Gasteiger partial charge in [0.05, 0.1) is 14.9 Å². The highest BCUT2D eigenvalue weighted by atomic mass is 35.5. The Hall–Kier alpha value is -1.76. The first-order valence-corrected chi connectivity index (χ1v) is 9.79. The Kier molecular flexibility index (Phi) is 6.32. The molecular weight excluding hydrogens is 383 g/mol. The number of carbonyl (C=O) groups excluding carboxylic acids is 1. The molecule has 0 radical (unpaired) electrons. The van der Waals surface area contributed by atoms with Crippen LogP contribution in [-0.4, -0.2) is 20.9 Å². The van der Waals surface area contributed by atoms with E-state index in [9.17, 15) is 13.2 Å². The van der Waals surface area contributed by atoms with Crippen LogP contribution in [-0.2, 0) is 10.0 Å². The average molecular weight is 401 g/mol. The van der Waals surface area contributed by atoms with Crippen LogP contribution in [0.1, 0.15) is 24.2 Å². The van der Waals surface area contributed by atoms with Gasteiger partial charge in [-0.3, -0.25) is 9.52 Å². The van der Waals surface area contributed by atoms with E-state index in [2.05, 4.69) is 10.0 Å². The SMILES string of the molecule is CC(C)CNC(=O)c1cccc(NS(=O)(=O)c2ccc(Cl)c(Cl)c2)c1. The quantitative estimate of drug-likeness (QED) is 0.763. The van der Waals surface area contributed by atoms with E-state index >= 15 is 0 Å². The van der Waals surface area contributed by atoms with E-state index in [-0.39, 0.29) is 26.5 Å².